The van der Waals surface area contributed by atoms with E-state index in [4.69, 9.17) is 16.3 Å². The molecule has 11 heteroatoms. The maximum absolute atomic E-state index is 13.3. The number of nitrogens with one attached hydrogen (secondary N) is 2. The predicted octanol–water partition coefficient (Wildman–Crippen LogP) is 5.50. The van der Waals surface area contributed by atoms with Gasteiger partial charge in [0.25, 0.3) is 0 Å². The number of hydrogen-bond acceptors (Lipinski definition) is 6. The Hall–Kier alpha value is -3.50. The molecule has 4 rings (SSSR count). The van der Waals surface area contributed by atoms with E-state index in [9.17, 15) is 22.8 Å². The standard InChI is InChI=1S/C26H24ClF3N4O3/c1-16-31-13-18(14-32-16)23(35)11-25(8-9-37-15-25)24(36)33-12-17-2-5-20(6-3-17)34-22-7-4-19(27)10-21(22)26(28,29)30/h2-7,10,13-14,34H,8-9,11-12,15H2,1H3,(H,33,36)/t25-/m0/s1. The maximum atomic E-state index is 13.3. The highest BCUT2D eigenvalue weighted by molar-refractivity contribution is 6.30. The molecule has 3 aromatic rings. The first kappa shape index (κ1) is 26.6. The summed E-state index contributed by atoms with van der Waals surface area (Å²) in [5.74, 6) is 0.00412. The van der Waals surface area contributed by atoms with Crippen LogP contribution in [0.1, 0.15) is 40.2 Å². The van der Waals surface area contributed by atoms with Gasteiger partial charge in [0, 0.05) is 42.7 Å². The van der Waals surface area contributed by atoms with Crippen LogP contribution in [-0.2, 0) is 22.3 Å². The number of benzene rings is 2. The zero-order chi connectivity index (χ0) is 26.6. The Labute approximate surface area is 216 Å². The molecule has 37 heavy (non-hydrogen) atoms. The van der Waals surface area contributed by atoms with Gasteiger partial charge in [0.2, 0.25) is 5.91 Å². The molecule has 0 unspecified atom stereocenters. The van der Waals surface area contributed by atoms with Crippen molar-refractivity contribution in [1.29, 1.82) is 0 Å². The zero-order valence-corrected chi connectivity index (χ0v) is 20.6. The molecule has 0 spiro atoms. The molecule has 1 aliphatic rings. The van der Waals surface area contributed by atoms with Crippen LogP contribution in [0.25, 0.3) is 0 Å². The van der Waals surface area contributed by atoms with Crippen molar-refractivity contribution in [3.8, 4) is 0 Å². The molecule has 194 valence electrons. The van der Waals surface area contributed by atoms with Crippen LogP contribution in [0, 0.1) is 12.3 Å². The number of nitrogens with zero attached hydrogens (tertiary/aromatic N) is 2. The molecule has 1 atom stereocenters. The molecule has 1 fully saturated rings. The molecule has 1 saturated heterocycles. The molecule has 2 N–H and O–H groups in total. The maximum Gasteiger partial charge on any atom is 0.418 e. The number of anilines is 2. The van der Waals surface area contributed by atoms with Gasteiger partial charge in [0.05, 0.1) is 28.8 Å². The molecular formula is C26H24ClF3N4O3. The summed E-state index contributed by atoms with van der Waals surface area (Å²) in [4.78, 5) is 34.0. The van der Waals surface area contributed by atoms with Crippen molar-refractivity contribution in [3.05, 3.63) is 82.4 Å². The van der Waals surface area contributed by atoms with E-state index in [1.54, 1.807) is 31.2 Å². The molecule has 2 aromatic carbocycles. The first-order valence-electron chi connectivity index (χ1n) is 11.5. The van der Waals surface area contributed by atoms with E-state index in [2.05, 4.69) is 20.6 Å². The van der Waals surface area contributed by atoms with Gasteiger partial charge in [-0.1, -0.05) is 23.7 Å². The monoisotopic (exact) mass is 532 g/mol. The Balaban J connectivity index is 1.39. The van der Waals surface area contributed by atoms with Crippen LogP contribution in [-0.4, -0.2) is 34.9 Å². The topological polar surface area (TPSA) is 93.2 Å². The van der Waals surface area contributed by atoms with Crippen molar-refractivity contribution in [2.24, 2.45) is 5.41 Å². The normalized spacial score (nSPS) is 17.4. The lowest BCUT2D eigenvalue weighted by atomic mass is 9.80. The number of Topliss-reactive ketones (excluding diaryl/α,β-unsaturated/α-hetero) is 1. The largest absolute Gasteiger partial charge is 0.418 e. The molecule has 1 amide bonds. The van der Waals surface area contributed by atoms with Crippen molar-refractivity contribution in [1.82, 2.24) is 15.3 Å². The van der Waals surface area contributed by atoms with Crippen LogP contribution < -0.4 is 10.6 Å². The number of amides is 1. The van der Waals surface area contributed by atoms with Crippen LogP contribution in [0.5, 0.6) is 0 Å². The van der Waals surface area contributed by atoms with Crippen LogP contribution in [0.4, 0.5) is 24.5 Å². The number of hydrogen-bond donors (Lipinski definition) is 2. The molecular weight excluding hydrogens is 509 g/mol. The highest BCUT2D eigenvalue weighted by Gasteiger charge is 2.44. The van der Waals surface area contributed by atoms with Gasteiger partial charge in [-0.15, -0.1) is 0 Å². The number of aromatic nitrogens is 2. The minimum atomic E-state index is -4.56. The van der Waals surface area contributed by atoms with Crippen LogP contribution in [0.3, 0.4) is 0 Å². The van der Waals surface area contributed by atoms with Crippen molar-refractivity contribution in [2.75, 3.05) is 18.5 Å². The van der Waals surface area contributed by atoms with Gasteiger partial charge in [-0.2, -0.15) is 13.2 Å². The van der Waals surface area contributed by atoms with Crippen LogP contribution in [0.15, 0.2) is 54.9 Å². The third-order valence-electron chi connectivity index (χ3n) is 6.16. The number of ketones is 1. The third kappa shape index (κ3) is 6.44. The number of alkyl halides is 3. The van der Waals surface area contributed by atoms with Gasteiger partial charge < -0.3 is 15.4 Å². The first-order valence-corrected chi connectivity index (χ1v) is 11.8. The lowest BCUT2D eigenvalue weighted by Gasteiger charge is -2.25. The molecule has 0 bridgehead atoms. The molecule has 1 aliphatic heterocycles. The molecule has 2 heterocycles. The first-order chi connectivity index (χ1) is 17.6. The van der Waals surface area contributed by atoms with Crippen LogP contribution in [0.2, 0.25) is 5.02 Å². The van der Waals surface area contributed by atoms with Crippen molar-refractivity contribution >= 4 is 34.7 Å². The number of carbonyl (C=O) groups is 2. The van der Waals surface area contributed by atoms with E-state index in [1.165, 1.54) is 24.5 Å². The lowest BCUT2D eigenvalue weighted by Crippen LogP contribution is -2.42. The van der Waals surface area contributed by atoms with E-state index >= 15 is 0 Å². The quantitative estimate of drug-likeness (QED) is 0.372. The number of halogens is 4. The van der Waals surface area contributed by atoms with Crippen molar-refractivity contribution in [2.45, 2.75) is 32.5 Å². The molecule has 0 saturated carbocycles. The Morgan fingerprint density at radius 3 is 2.43 bits per heavy atom. The van der Waals surface area contributed by atoms with Gasteiger partial charge in [0.1, 0.15) is 5.82 Å². The highest BCUT2D eigenvalue weighted by Crippen LogP contribution is 2.38. The van der Waals surface area contributed by atoms with Gasteiger partial charge in [-0.3, -0.25) is 9.59 Å². The Bertz CT molecular complexity index is 1280. The summed E-state index contributed by atoms with van der Waals surface area (Å²) in [6, 6.07) is 10.1. The SMILES string of the molecule is Cc1ncc(C(=O)C[C@@]2(C(=O)NCc3ccc(Nc4ccc(Cl)cc4C(F)(F)F)cc3)CCOC2)cn1. The second-order valence-corrected chi connectivity index (χ2v) is 9.33. The minimum Gasteiger partial charge on any atom is -0.380 e. The number of aryl methyl sites for hydroxylation is 1. The molecule has 0 radical (unpaired) electrons. The summed E-state index contributed by atoms with van der Waals surface area (Å²) in [5.41, 5.74) is -0.474. The molecule has 0 aliphatic carbocycles. The van der Waals surface area contributed by atoms with Crippen molar-refractivity contribution in [3.63, 3.8) is 0 Å². The Kier molecular flexibility index (Phi) is 7.79. The summed E-state index contributed by atoms with van der Waals surface area (Å²) in [5, 5.41) is 5.61. The fourth-order valence-electron chi connectivity index (χ4n) is 4.04. The van der Waals surface area contributed by atoms with Crippen LogP contribution >= 0.6 is 11.6 Å². The Morgan fingerprint density at radius 2 is 1.81 bits per heavy atom. The fraction of sp³-hybridized carbons (Fsp3) is 0.308. The zero-order valence-electron chi connectivity index (χ0n) is 19.9. The van der Waals surface area contributed by atoms with E-state index in [1.807, 2.05) is 0 Å². The van der Waals surface area contributed by atoms with E-state index in [-0.39, 0.29) is 42.0 Å². The lowest BCUT2D eigenvalue weighted by molar-refractivity contribution is -0.137. The second kappa shape index (κ2) is 10.9. The average Bonchev–Trinajstić information content (AvgIpc) is 3.34. The number of rotatable bonds is 8. The van der Waals surface area contributed by atoms with Crippen molar-refractivity contribution < 1.29 is 27.5 Å². The summed E-state index contributed by atoms with van der Waals surface area (Å²) in [6.45, 7) is 2.39. The minimum absolute atomic E-state index is 0.0108. The summed E-state index contributed by atoms with van der Waals surface area (Å²) < 4.78 is 45.5. The summed E-state index contributed by atoms with van der Waals surface area (Å²) in [6.07, 6.45) is -1.29. The molecule has 7 nitrogen and oxygen atoms in total. The van der Waals surface area contributed by atoms with E-state index in [0.717, 1.165) is 11.6 Å². The van der Waals surface area contributed by atoms with Gasteiger partial charge in [-0.25, -0.2) is 9.97 Å². The number of ether oxygens (including phenoxy) is 1. The van der Waals surface area contributed by atoms with Gasteiger partial charge >= 0.3 is 6.18 Å². The third-order valence-corrected chi connectivity index (χ3v) is 6.39. The predicted molar refractivity (Wildman–Crippen MR) is 132 cm³/mol. The molecule has 1 aromatic heterocycles. The average molecular weight is 533 g/mol. The Morgan fingerprint density at radius 1 is 1.11 bits per heavy atom. The smallest absolute Gasteiger partial charge is 0.380 e. The van der Waals surface area contributed by atoms with Gasteiger partial charge in [-0.05, 0) is 49.2 Å². The summed E-state index contributed by atoms with van der Waals surface area (Å²) in [7, 11) is 0. The highest BCUT2D eigenvalue weighted by atomic mass is 35.5. The second-order valence-electron chi connectivity index (χ2n) is 8.89. The fourth-order valence-corrected chi connectivity index (χ4v) is 4.22. The summed E-state index contributed by atoms with van der Waals surface area (Å²) >= 11 is 5.73. The van der Waals surface area contributed by atoms with Gasteiger partial charge in [0.15, 0.2) is 5.78 Å². The van der Waals surface area contributed by atoms with E-state index in [0.29, 0.717) is 30.1 Å². The number of carbonyl (C=O) groups excluding carboxylic acids is 2. The van der Waals surface area contributed by atoms with E-state index < -0.39 is 17.2 Å².